The molecular formula is C15H21N3O. The van der Waals surface area contributed by atoms with Crippen molar-refractivity contribution >= 4 is 11.0 Å². The first-order chi connectivity index (χ1) is 9.02. The molecule has 0 aliphatic rings. The van der Waals surface area contributed by atoms with E-state index in [1.54, 1.807) is 19.5 Å². The van der Waals surface area contributed by atoms with E-state index in [1.807, 2.05) is 18.2 Å². The molecule has 0 saturated heterocycles. The number of hydrogen-bond donors (Lipinski definition) is 1. The maximum atomic E-state index is 6.24. The summed E-state index contributed by atoms with van der Waals surface area (Å²) < 4.78 is 5.42. The molecule has 1 aromatic carbocycles. The first-order valence-corrected chi connectivity index (χ1v) is 6.53. The topological polar surface area (TPSA) is 61.0 Å². The van der Waals surface area contributed by atoms with E-state index in [1.165, 1.54) is 0 Å². The Labute approximate surface area is 114 Å². The Morgan fingerprint density at radius 2 is 1.89 bits per heavy atom. The Morgan fingerprint density at radius 3 is 2.58 bits per heavy atom. The lowest BCUT2D eigenvalue weighted by atomic mass is 9.95. The van der Waals surface area contributed by atoms with Crippen molar-refractivity contribution in [2.24, 2.45) is 5.73 Å². The summed E-state index contributed by atoms with van der Waals surface area (Å²) in [5, 5.41) is 0. The summed E-state index contributed by atoms with van der Waals surface area (Å²) in [6.45, 7) is 4.15. The summed E-state index contributed by atoms with van der Waals surface area (Å²) in [5.41, 5.74) is 9.00. The van der Waals surface area contributed by atoms with Crippen LogP contribution in [0.1, 0.15) is 38.3 Å². The van der Waals surface area contributed by atoms with Crippen molar-refractivity contribution in [1.82, 2.24) is 9.97 Å². The number of nitrogens with two attached hydrogens (primary N) is 1. The average molecular weight is 259 g/mol. The van der Waals surface area contributed by atoms with Gasteiger partial charge in [0.15, 0.2) is 0 Å². The minimum Gasteiger partial charge on any atom is -0.379 e. The predicted octanol–water partition coefficient (Wildman–Crippen LogP) is 2.83. The summed E-state index contributed by atoms with van der Waals surface area (Å²) >= 11 is 0. The van der Waals surface area contributed by atoms with Crippen LogP contribution in [-0.4, -0.2) is 22.7 Å². The third kappa shape index (κ3) is 3.49. The highest BCUT2D eigenvalue weighted by molar-refractivity contribution is 5.74. The maximum absolute atomic E-state index is 6.24. The monoisotopic (exact) mass is 259 g/mol. The number of fused-ring (bicyclic) bond motifs is 1. The molecular weight excluding hydrogens is 238 g/mol. The molecule has 0 fully saturated rings. The first kappa shape index (κ1) is 13.9. The number of nitrogens with zero attached hydrogens (tertiary/aromatic N) is 2. The zero-order chi connectivity index (χ0) is 13.9. The van der Waals surface area contributed by atoms with Gasteiger partial charge < -0.3 is 10.5 Å². The third-order valence-corrected chi connectivity index (χ3v) is 3.53. The van der Waals surface area contributed by atoms with Crippen molar-refractivity contribution < 1.29 is 4.74 Å². The molecule has 0 saturated carbocycles. The van der Waals surface area contributed by atoms with E-state index >= 15 is 0 Å². The van der Waals surface area contributed by atoms with Gasteiger partial charge in [0.2, 0.25) is 0 Å². The van der Waals surface area contributed by atoms with Gasteiger partial charge in [0.25, 0.3) is 0 Å². The SMILES string of the molecule is COC(C)(C)CCC(N)c1ccc2nccnc2c1. The van der Waals surface area contributed by atoms with Crippen LogP contribution in [0.5, 0.6) is 0 Å². The smallest absolute Gasteiger partial charge is 0.0890 e. The third-order valence-electron chi connectivity index (χ3n) is 3.53. The quantitative estimate of drug-likeness (QED) is 0.897. The van der Waals surface area contributed by atoms with Gasteiger partial charge in [-0.2, -0.15) is 0 Å². The predicted molar refractivity (Wildman–Crippen MR) is 76.8 cm³/mol. The van der Waals surface area contributed by atoms with Gasteiger partial charge in [-0.3, -0.25) is 9.97 Å². The van der Waals surface area contributed by atoms with E-state index in [0.717, 1.165) is 29.4 Å². The average Bonchev–Trinajstić information content (AvgIpc) is 2.44. The first-order valence-electron chi connectivity index (χ1n) is 6.53. The molecule has 0 amide bonds. The largest absolute Gasteiger partial charge is 0.379 e. The molecule has 0 aliphatic carbocycles. The highest BCUT2D eigenvalue weighted by Gasteiger charge is 2.18. The van der Waals surface area contributed by atoms with Crippen molar-refractivity contribution in [2.45, 2.75) is 38.3 Å². The standard InChI is InChI=1S/C15H21N3O/c1-15(2,19-3)7-6-12(16)11-4-5-13-14(10-11)18-9-8-17-13/h4-5,8-10,12H,6-7,16H2,1-3H3. The second-order valence-corrected chi connectivity index (χ2v) is 5.41. The molecule has 1 unspecified atom stereocenters. The molecule has 1 heterocycles. The van der Waals surface area contributed by atoms with Crippen LogP contribution in [0.15, 0.2) is 30.6 Å². The normalized spacial score (nSPS) is 13.7. The van der Waals surface area contributed by atoms with E-state index in [4.69, 9.17) is 10.5 Å². The number of benzene rings is 1. The van der Waals surface area contributed by atoms with E-state index in [2.05, 4.69) is 23.8 Å². The zero-order valence-corrected chi connectivity index (χ0v) is 11.8. The molecule has 0 radical (unpaired) electrons. The van der Waals surface area contributed by atoms with Gasteiger partial charge in [0, 0.05) is 25.5 Å². The summed E-state index contributed by atoms with van der Waals surface area (Å²) in [7, 11) is 1.73. The lowest BCUT2D eigenvalue weighted by molar-refractivity contribution is 0.0125. The van der Waals surface area contributed by atoms with Crippen LogP contribution < -0.4 is 5.73 Å². The number of rotatable bonds is 5. The van der Waals surface area contributed by atoms with Gasteiger partial charge in [0.05, 0.1) is 16.6 Å². The van der Waals surface area contributed by atoms with Gasteiger partial charge in [-0.15, -0.1) is 0 Å². The van der Waals surface area contributed by atoms with Crippen LogP contribution in [0.3, 0.4) is 0 Å². The molecule has 0 bridgehead atoms. The fourth-order valence-electron chi connectivity index (χ4n) is 1.98. The number of hydrogen-bond acceptors (Lipinski definition) is 4. The Balaban J connectivity index is 2.11. The molecule has 102 valence electrons. The molecule has 0 aliphatic heterocycles. The van der Waals surface area contributed by atoms with Gasteiger partial charge in [-0.25, -0.2) is 0 Å². The second-order valence-electron chi connectivity index (χ2n) is 5.41. The lowest BCUT2D eigenvalue weighted by Gasteiger charge is -2.24. The summed E-state index contributed by atoms with van der Waals surface area (Å²) in [6.07, 6.45) is 5.20. The van der Waals surface area contributed by atoms with Crippen LogP contribution in [-0.2, 0) is 4.74 Å². The second kappa shape index (κ2) is 5.63. The van der Waals surface area contributed by atoms with E-state index in [9.17, 15) is 0 Å². The summed E-state index contributed by atoms with van der Waals surface area (Å²) in [4.78, 5) is 8.56. The van der Waals surface area contributed by atoms with Crippen LogP contribution >= 0.6 is 0 Å². The Kier molecular flexibility index (Phi) is 4.12. The molecule has 1 aromatic heterocycles. The van der Waals surface area contributed by atoms with E-state index in [-0.39, 0.29) is 11.6 Å². The van der Waals surface area contributed by atoms with Gasteiger partial charge >= 0.3 is 0 Å². The molecule has 2 aromatic rings. The van der Waals surface area contributed by atoms with Crippen molar-refractivity contribution in [1.29, 1.82) is 0 Å². The number of aromatic nitrogens is 2. The van der Waals surface area contributed by atoms with E-state index < -0.39 is 0 Å². The number of ether oxygens (including phenoxy) is 1. The van der Waals surface area contributed by atoms with Crippen molar-refractivity contribution in [3.05, 3.63) is 36.2 Å². The van der Waals surface area contributed by atoms with Gasteiger partial charge in [0.1, 0.15) is 0 Å². The maximum Gasteiger partial charge on any atom is 0.0890 e. The lowest BCUT2D eigenvalue weighted by Crippen LogP contribution is -2.24. The van der Waals surface area contributed by atoms with Crippen molar-refractivity contribution in [3.63, 3.8) is 0 Å². The van der Waals surface area contributed by atoms with Crippen molar-refractivity contribution in [3.8, 4) is 0 Å². The highest BCUT2D eigenvalue weighted by Crippen LogP contribution is 2.24. The molecule has 2 N–H and O–H groups in total. The minimum atomic E-state index is -0.131. The number of methoxy groups -OCH3 is 1. The van der Waals surface area contributed by atoms with Crippen molar-refractivity contribution in [2.75, 3.05) is 7.11 Å². The van der Waals surface area contributed by atoms with Crippen LogP contribution in [0, 0.1) is 0 Å². The molecule has 4 nitrogen and oxygen atoms in total. The summed E-state index contributed by atoms with van der Waals surface area (Å²) in [6, 6.07) is 6.02. The molecule has 0 spiro atoms. The molecule has 19 heavy (non-hydrogen) atoms. The van der Waals surface area contributed by atoms with Crippen LogP contribution in [0.25, 0.3) is 11.0 Å². The summed E-state index contributed by atoms with van der Waals surface area (Å²) in [5.74, 6) is 0. The Hall–Kier alpha value is -1.52. The minimum absolute atomic E-state index is 0.000770. The molecule has 4 heteroatoms. The molecule has 2 rings (SSSR count). The fraction of sp³-hybridized carbons (Fsp3) is 0.467. The zero-order valence-electron chi connectivity index (χ0n) is 11.8. The van der Waals surface area contributed by atoms with Crippen LogP contribution in [0.2, 0.25) is 0 Å². The molecule has 1 atom stereocenters. The Morgan fingerprint density at radius 1 is 1.21 bits per heavy atom. The fourth-order valence-corrected chi connectivity index (χ4v) is 1.98. The van der Waals surface area contributed by atoms with E-state index in [0.29, 0.717) is 0 Å². The van der Waals surface area contributed by atoms with Gasteiger partial charge in [-0.1, -0.05) is 6.07 Å². The van der Waals surface area contributed by atoms with Gasteiger partial charge in [-0.05, 0) is 44.4 Å². The Bertz CT molecular complexity index is 554. The highest BCUT2D eigenvalue weighted by atomic mass is 16.5. The van der Waals surface area contributed by atoms with Crippen LogP contribution in [0.4, 0.5) is 0 Å².